The normalized spacial score (nSPS) is 22.5. The molecule has 0 aromatic carbocycles. The van der Waals surface area contributed by atoms with E-state index >= 15 is 0 Å². The van der Waals surface area contributed by atoms with Crippen LogP contribution in [0.5, 0.6) is 0 Å². The third kappa shape index (κ3) is 2.23. The fourth-order valence-electron chi connectivity index (χ4n) is 1.58. The standard InChI is InChI=1S/C9H17N3O2/c1-9(2,11)8(14)12-4-3-6(5-12)7(10)13/h6H,3-5,11H2,1-2H3,(H2,10,13). The Morgan fingerprint density at radius 2 is 2.00 bits per heavy atom. The molecule has 0 spiro atoms. The zero-order valence-electron chi connectivity index (χ0n) is 8.62. The summed E-state index contributed by atoms with van der Waals surface area (Å²) in [4.78, 5) is 24.2. The van der Waals surface area contributed by atoms with Crippen LogP contribution in [0.3, 0.4) is 0 Å². The van der Waals surface area contributed by atoms with Crippen molar-refractivity contribution in [1.29, 1.82) is 0 Å². The van der Waals surface area contributed by atoms with Crippen LogP contribution in [0.15, 0.2) is 0 Å². The number of hydrogen-bond donors (Lipinski definition) is 2. The maximum Gasteiger partial charge on any atom is 0.242 e. The van der Waals surface area contributed by atoms with Crippen molar-refractivity contribution in [2.24, 2.45) is 17.4 Å². The van der Waals surface area contributed by atoms with E-state index < -0.39 is 5.54 Å². The minimum Gasteiger partial charge on any atom is -0.369 e. The summed E-state index contributed by atoms with van der Waals surface area (Å²) in [5, 5.41) is 0. The van der Waals surface area contributed by atoms with Gasteiger partial charge in [-0.05, 0) is 20.3 Å². The Balaban J connectivity index is 2.59. The van der Waals surface area contributed by atoms with Gasteiger partial charge in [0.25, 0.3) is 0 Å². The third-order valence-corrected chi connectivity index (χ3v) is 2.43. The second-order valence-electron chi connectivity index (χ2n) is 4.36. The maximum absolute atomic E-state index is 11.7. The summed E-state index contributed by atoms with van der Waals surface area (Å²) in [6, 6.07) is 0. The number of likely N-dealkylation sites (tertiary alicyclic amines) is 1. The first-order valence-electron chi connectivity index (χ1n) is 4.70. The maximum atomic E-state index is 11.7. The number of nitrogens with two attached hydrogens (primary N) is 2. The molecule has 5 nitrogen and oxygen atoms in total. The smallest absolute Gasteiger partial charge is 0.242 e. The van der Waals surface area contributed by atoms with Gasteiger partial charge in [-0.1, -0.05) is 0 Å². The van der Waals surface area contributed by atoms with Crippen molar-refractivity contribution in [3.8, 4) is 0 Å². The SMILES string of the molecule is CC(C)(N)C(=O)N1CCC(C(N)=O)C1. The van der Waals surface area contributed by atoms with Crippen molar-refractivity contribution >= 4 is 11.8 Å². The minimum atomic E-state index is -0.869. The van der Waals surface area contributed by atoms with Crippen molar-refractivity contribution in [2.75, 3.05) is 13.1 Å². The molecule has 0 aromatic heterocycles. The third-order valence-electron chi connectivity index (χ3n) is 2.43. The fourth-order valence-corrected chi connectivity index (χ4v) is 1.58. The lowest BCUT2D eigenvalue weighted by molar-refractivity contribution is -0.135. The van der Waals surface area contributed by atoms with Gasteiger partial charge in [-0.25, -0.2) is 0 Å². The van der Waals surface area contributed by atoms with Gasteiger partial charge < -0.3 is 16.4 Å². The predicted molar refractivity (Wildman–Crippen MR) is 52.1 cm³/mol. The first-order valence-corrected chi connectivity index (χ1v) is 4.70. The van der Waals surface area contributed by atoms with Gasteiger partial charge in [0, 0.05) is 13.1 Å². The molecule has 14 heavy (non-hydrogen) atoms. The summed E-state index contributed by atoms with van der Waals surface area (Å²) in [6.45, 7) is 4.31. The number of carbonyl (C=O) groups excluding carboxylic acids is 2. The molecular formula is C9H17N3O2. The van der Waals surface area contributed by atoms with Gasteiger partial charge in [-0.2, -0.15) is 0 Å². The molecule has 1 heterocycles. The largest absolute Gasteiger partial charge is 0.369 e. The highest BCUT2D eigenvalue weighted by molar-refractivity contribution is 5.86. The highest BCUT2D eigenvalue weighted by Gasteiger charge is 2.34. The van der Waals surface area contributed by atoms with Crippen LogP contribution in [0.2, 0.25) is 0 Å². The Morgan fingerprint density at radius 1 is 1.43 bits per heavy atom. The molecule has 1 fully saturated rings. The zero-order chi connectivity index (χ0) is 10.9. The van der Waals surface area contributed by atoms with Crippen LogP contribution in [0.1, 0.15) is 20.3 Å². The van der Waals surface area contributed by atoms with Crippen molar-refractivity contribution in [2.45, 2.75) is 25.8 Å². The van der Waals surface area contributed by atoms with Gasteiger partial charge in [-0.15, -0.1) is 0 Å². The topological polar surface area (TPSA) is 89.4 Å². The first-order chi connectivity index (χ1) is 6.32. The molecule has 1 aliphatic rings. The van der Waals surface area contributed by atoms with E-state index in [9.17, 15) is 9.59 Å². The molecule has 0 aromatic rings. The zero-order valence-corrected chi connectivity index (χ0v) is 8.62. The van der Waals surface area contributed by atoms with Gasteiger partial charge in [0.2, 0.25) is 11.8 Å². The van der Waals surface area contributed by atoms with E-state index in [1.807, 2.05) is 0 Å². The van der Waals surface area contributed by atoms with Gasteiger partial charge in [0.05, 0.1) is 11.5 Å². The summed E-state index contributed by atoms with van der Waals surface area (Å²) in [5.74, 6) is -0.669. The molecule has 4 N–H and O–H groups in total. The van der Waals surface area contributed by atoms with Crippen LogP contribution in [0, 0.1) is 5.92 Å². The summed E-state index contributed by atoms with van der Waals surface area (Å²) < 4.78 is 0. The lowest BCUT2D eigenvalue weighted by Crippen LogP contribution is -2.50. The van der Waals surface area contributed by atoms with Crippen molar-refractivity contribution in [3.63, 3.8) is 0 Å². The number of nitrogens with zero attached hydrogens (tertiary/aromatic N) is 1. The van der Waals surface area contributed by atoms with Crippen LogP contribution < -0.4 is 11.5 Å². The van der Waals surface area contributed by atoms with Crippen LogP contribution in [0.4, 0.5) is 0 Å². The summed E-state index contributed by atoms with van der Waals surface area (Å²) in [6.07, 6.45) is 0.650. The summed E-state index contributed by atoms with van der Waals surface area (Å²) in [7, 11) is 0. The van der Waals surface area contributed by atoms with E-state index in [1.54, 1.807) is 18.7 Å². The van der Waals surface area contributed by atoms with Gasteiger partial charge in [0.15, 0.2) is 0 Å². The highest BCUT2D eigenvalue weighted by Crippen LogP contribution is 2.18. The highest BCUT2D eigenvalue weighted by atomic mass is 16.2. The summed E-state index contributed by atoms with van der Waals surface area (Å²) >= 11 is 0. The van der Waals surface area contributed by atoms with Crippen molar-refractivity contribution in [3.05, 3.63) is 0 Å². The average molecular weight is 199 g/mol. The number of hydrogen-bond acceptors (Lipinski definition) is 3. The first kappa shape index (κ1) is 11.0. The minimum absolute atomic E-state index is 0.124. The molecule has 1 atom stereocenters. The molecule has 1 unspecified atom stereocenters. The molecule has 0 radical (unpaired) electrons. The second kappa shape index (κ2) is 3.57. The quantitative estimate of drug-likeness (QED) is 0.601. The molecule has 1 saturated heterocycles. The van der Waals surface area contributed by atoms with Crippen molar-refractivity contribution in [1.82, 2.24) is 4.90 Å². The molecule has 1 aliphatic heterocycles. The van der Waals surface area contributed by atoms with E-state index in [2.05, 4.69) is 0 Å². The van der Waals surface area contributed by atoms with E-state index in [4.69, 9.17) is 11.5 Å². The van der Waals surface area contributed by atoms with Gasteiger partial charge in [0.1, 0.15) is 0 Å². The number of rotatable bonds is 2. The number of carbonyl (C=O) groups is 2. The molecule has 80 valence electrons. The van der Waals surface area contributed by atoms with Crippen LogP contribution >= 0.6 is 0 Å². The lowest BCUT2D eigenvalue weighted by atomic mass is 10.1. The van der Waals surface area contributed by atoms with Crippen LogP contribution in [-0.4, -0.2) is 35.3 Å². The fraction of sp³-hybridized carbons (Fsp3) is 0.778. The summed E-state index contributed by atoms with van der Waals surface area (Å²) in [5.41, 5.74) is 9.97. The Labute approximate surface area is 83.4 Å². The van der Waals surface area contributed by atoms with Gasteiger partial charge in [-0.3, -0.25) is 9.59 Å². The Bertz CT molecular complexity index is 257. The second-order valence-corrected chi connectivity index (χ2v) is 4.36. The Morgan fingerprint density at radius 3 is 2.36 bits per heavy atom. The Hall–Kier alpha value is -1.10. The molecule has 5 heteroatoms. The molecule has 0 aliphatic carbocycles. The van der Waals surface area contributed by atoms with Crippen LogP contribution in [0.25, 0.3) is 0 Å². The van der Waals surface area contributed by atoms with Gasteiger partial charge >= 0.3 is 0 Å². The predicted octanol–water partition coefficient (Wildman–Crippen LogP) is -0.942. The lowest BCUT2D eigenvalue weighted by Gasteiger charge is -2.25. The monoisotopic (exact) mass is 199 g/mol. The van der Waals surface area contributed by atoms with Crippen molar-refractivity contribution < 1.29 is 9.59 Å². The van der Waals surface area contributed by atoms with E-state index in [0.717, 1.165) is 0 Å². The van der Waals surface area contributed by atoms with Crippen LogP contribution in [-0.2, 0) is 9.59 Å². The number of primary amides is 1. The molecule has 0 saturated carbocycles. The molecule has 2 amide bonds. The molecule has 0 bridgehead atoms. The molecule has 1 rings (SSSR count). The molecular weight excluding hydrogens is 182 g/mol. The van der Waals surface area contributed by atoms with E-state index in [0.29, 0.717) is 19.5 Å². The number of amides is 2. The Kier molecular flexibility index (Phi) is 2.80. The average Bonchev–Trinajstić information content (AvgIpc) is 2.48. The van der Waals surface area contributed by atoms with E-state index in [1.165, 1.54) is 0 Å². The van der Waals surface area contributed by atoms with E-state index in [-0.39, 0.29) is 17.7 Å².